The van der Waals surface area contributed by atoms with E-state index >= 15 is 0 Å². The number of rotatable bonds is 7. The summed E-state index contributed by atoms with van der Waals surface area (Å²) in [6.07, 6.45) is 2.88. The van der Waals surface area contributed by atoms with E-state index < -0.39 is 10.5 Å². The van der Waals surface area contributed by atoms with Crippen LogP contribution in [0.15, 0.2) is 71.9 Å². The van der Waals surface area contributed by atoms with E-state index in [9.17, 15) is 14.9 Å². The Labute approximate surface area is 170 Å². The number of nitrogens with one attached hydrogen (secondary N) is 2. The maximum Gasteiger partial charge on any atom is 0.293 e. The van der Waals surface area contributed by atoms with Crippen LogP contribution in [-0.4, -0.2) is 19.9 Å². The van der Waals surface area contributed by atoms with Gasteiger partial charge < -0.3 is 15.0 Å². The van der Waals surface area contributed by atoms with Crippen molar-refractivity contribution in [1.29, 1.82) is 0 Å². The zero-order chi connectivity index (χ0) is 20.9. The summed E-state index contributed by atoms with van der Waals surface area (Å²) in [5, 5.41) is 14.7. The number of nitro groups is 1. The summed E-state index contributed by atoms with van der Waals surface area (Å²) in [5.41, 5.74) is 1.71. The molecule has 0 bridgehead atoms. The van der Waals surface area contributed by atoms with E-state index in [1.165, 1.54) is 18.5 Å². The minimum Gasteiger partial charge on any atom is -0.473 e. The Morgan fingerprint density at radius 3 is 2.73 bits per heavy atom. The topological polar surface area (TPSA) is 123 Å². The molecule has 0 amide bonds. The van der Waals surface area contributed by atoms with Gasteiger partial charge in [-0.15, -0.1) is 0 Å². The third-order valence-electron chi connectivity index (χ3n) is 4.49. The van der Waals surface area contributed by atoms with Crippen LogP contribution in [0.1, 0.15) is 11.1 Å². The van der Waals surface area contributed by atoms with Crippen molar-refractivity contribution < 1.29 is 9.66 Å². The molecule has 4 rings (SSSR count). The van der Waals surface area contributed by atoms with Crippen LogP contribution in [0, 0.1) is 10.1 Å². The molecule has 4 aromatic rings. The molecular formula is C21H17N5O4. The molecule has 0 atom stereocenters. The number of aromatic nitrogens is 3. The standard InChI is InChI=1S/C21H17N5O4/c27-20-16-9-19(26(28)29)18(10-17(16)24-13-25-20)23-11-15-7-4-8-22-21(15)30-12-14-5-2-1-3-6-14/h1-10,13,23H,11-12H2,(H,24,25,27). The van der Waals surface area contributed by atoms with Crippen LogP contribution in [0.4, 0.5) is 11.4 Å². The van der Waals surface area contributed by atoms with E-state index in [4.69, 9.17) is 4.74 Å². The number of ether oxygens (including phenoxy) is 1. The number of benzene rings is 2. The van der Waals surface area contributed by atoms with Gasteiger partial charge in [0, 0.05) is 24.4 Å². The monoisotopic (exact) mass is 403 g/mol. The van der Waals surface area contributed by atoms with Crippen LogP contribution in [0.2, 0.25) is 0 Å². The van der Waals surface area contributed by atoms with Crippen molar-refractivity contribution in [2.75, 3.05) is 5.32 Å². The third kappa shape index (κ3) is 4.09. The van der Waals surface area contributed by atoms with E-state index in [0.29, 0.717) is 18.0 Å². The van der Waals surface area contributed by atoms with Gasteiger partial charge in [-0.25, -0.2) is 9.97 Å². The van der Waals surface area contributed by atoms with E-state index in [1.54, 1.807) is 12.3 Å². The number of nitrogens with zero attached hydrogens (tertiary/aromatic N) is 3. The number of fused-ring (bicyclic) bond motifs is 1. The summed E-state index contributed by atoms with van der Waals surface area (Å²) in [6, 6.07) is 16.0. The summed E-state index contributed by atoms with van der Waals surface area (Å²) in [7, 11) is 0. The highest BCUT2D eigenvalue weighted by atomic mass is 16.6. The molecule has 0 aliphatic heterocycles. The summed E-state index contributed by atoms with van der Waals surface area (Å²) in [4.78, 5) is 33.7. The third-order valence-corrected chi connectivity index (χ3v) is 4.49. The Kier molecular flexibility index (Phi) is 5.33. The van der Waals surface area contributed by atoms with Gasteiger partial charge in [-0.1, -0.05) is 36.4 Å². The predicted octanol–water partition coefficient (Wildman–Crippen LogP) is 3.42. The quantitative estimate of drug-likeness (QED) is 0.358. The first-order valence-electron chi connectivity index (χ1n) is 9.12. The fourth-order valence-corrected chi connectivity index (χ4v) is 3.00. The second-order valence-electron chi connectivity index (χ2n) is 6.47. The lowest BCUT2D eigenvalue weighted by Gasteiger charge is -2.12. The molecule has 2 aromatic heterocycles. The van der Waals surface area contributed by atoms with Crippen molar-refractivity contribution in [3.05, 3.63) is 98.7 Å². The number of aromatic amines is 1. The van der Waals surface area contributed by atoms with Crippen LogP contribution in [-0.2, 0) is 13.2 Å². The molecule has 2 heterocycles. The molecule has 0 saturated carbocycles. The number of pyridine rings is 1. The van der Waals surface area contributed by atoms with Crippen LogP contribution in [0.5, 0.6) is 5.88 Å². The lowest BCUT2D eigenvalue weighted by atomic mass is 10.1. The summed E-state index contributed by atoms with van der Waals surface area (Å²) >= 11 is 0. The molecule has 2 N–H and O–H groups in total. The Bertz CT molecular complexity index is 1260. The molecule has 2 aromatic carbocycles. The van der Waals surface area contributed by atoms with Crippen molar-refractivity contribution in [2.45, 2.75) is 13.2 Å². The number of anilines is 1. The van der Waals surface area contributed by atoms with Gasteiger partial charge in [0.1, 0.15) is 12.3 Å². The zero-order valence-electron chi connectivity index (χ0n) is 15.7. The Morgan fingerprint density at radius 1 is 1.10 bits per heavy atom. The first-order valence-corrected chi connectivity index (χ1v) is 9.12. The van der Waals surface area contributed by atoms with E-state index in [1.807, 2.05) is 36.4 Å². The molecule has 30 heavy (non-hydrogen) atoms. The van der Waals surface area contributed by atoms with Gasteiger partial charge in [0.15, 0.2) is 0 Å². The Hall–Kier alpha value is -4.27. The molecular weight excluding hydrogens is 386 g/mol. The molecule has 9 heteroatoms. The highest BCUT2D eigenvalue weighted by molar-refractivity contribution is 5.86. The minimum atomic E-state index is -0.537. The minimum absolute atomic E-state index is 0.156. The van der Waals surface area contributed by atoms with Crippen LogP contribution in [0.25, 0.3) is 10.9 Å². The highest BCUT2D eigenvalue weighted by Gasteiger charge is 2.17. The highest BCUT2D eigenvalue weighted by Crippen LogP contribution is 2.29. The molecule has 150 valence electrons. The largest absolute Gasteiger partial charge is 0.473 e. The van der Waals surface area contributed by atoms with Gasteiger partial charge in [0.2, 0.25) is 5.88 Å². The molecule has 0 aliphatic carbocycles. The van der Waals surface area contributed by atoms with Gasteiger partial charge in [0.05, 0.1) is 22.2 Å². The molecule has 0 radical (unpaired) electrons. The SMILES string of the molecule is O=c1[nH]cnc2cc(NCc3cccnc3OCc3ccccc3)c([N+](=O)[O-])cc12. The zero-order valence-corrected chi connectivity index (χ0v) is 15.7. The van der Waals surface area contributed by atoms with Crippen molar-refractivity contribution in [2.24, 2.45) is 0 Å². The van der Waals surface area contributed by atoms with Gasteiger partial charge in [-0.3, -0.25) is 14.9 Å². The van der Waals surface area contributed by atoms with E-state index in [-0.39, 0.29) is 23.3 Å². The van der Waals surface area contributed by atoms with Crippen LogP contribution < -0.4 is 15.6 Å². The van der Waals surface area contributed by atoms with Crippen molar-refractivity contribution in [1.82, 2.24) is 15.0 Å². The number of H-pyrrole nitrogens is 1. The lowest BCUT2D eigenvalue weighted by Crippen LogP contribution is -2.09. The molecule has 0 spiro atoms. The second-order valence-corrected chi connectivity index (χ2v) is 6.47. The van der Waals surface area contributed by atoms with Gasteiger partial charge in [-0.2, -0.15) is 0 Å². The number of hydrogen-bond acceptors (Lipinski definition) is 7. The van der Waals surface area contributed by atoms with E-state index in [0.717, 1.165) is 11.1 Å². The maximum atomic E-state index is 11.9. The molecule has 0 fully saturated rings. The van der Waals surface area contributed by atoms with Crippen molar-refractivity contribution in [3.63, 3.8) is 0 Å². The average Bonchev–Trinajstić information content (AvgIpc) is 2.77. The second kappa shape index (κ2) is 8.39. The molecule has 0 unspecified atom stereocenters. The number of nitro benzene ring substituents is 1. The normalized spacial score (nSPS) is 10.7. The molecule has 0 aliphatic rings. The lowest BCUT2D eigenvalue weighted by molar-refractivity contribution is -0.383. The number of hydrogen-bond donors (Lipinski definition) is 2. The fourth-order valence-electron chi connectivity index (χ4n) is 3.00. The molecule has 0 saturated heterocycles. The van der Waals surface area contributed by atoms with Crippen LogP contribution >= 0.6 is 0 Å². The summed E-state index contributed by atoms with van der Waals surface area (Å²) < 4.78 is 5.83. The van der Waals surface area contributed by atoms with Gasteiger partial charge >= 0.3 is 0 Å². The average molecular weight is 403 g/mol. The Morgan fingerprint density at radius 2 is 1.93 bits per heavy atom. The smallest absolute Gasteiger partial charge is 0.293 e. The Balaban J connectivity index is 1.58. The van der Waals surface area contributed by atoms with Gasteiger partial charge in [-0.05, 0) is 17.7 Å². The maximum absolute atomic E-state index is 11.9. The van der Waals surface area contributed by atoms with Crippen molar-refractivity contribution >= 4 is 22.3 Å². The van der Waals surface area contributed by atoms with Crippen LogP contribution in [0.3, 0.4) is 0 Å². The summed E-state index contributed by atoms with van der Waals surface area (Å²) in [6.45, 7) is 0.598. The first kappa shape index (κ1) is 19.1. The first-order chi connectivity index (χ1) is 14.6. The summed E-state index contributed by atoms with van der Waals surface area (Å²) in [5.74, 6) is 0.437. The van der Waals surface area contributed by atoms with E-state index in [2.05, 4.69) is 20.3 Å². The predicted molar refractivity (Wildman–Crippen MR) is 111 cm³/mol. The van der Waals surface area contributed by atoms with Crippen molar-refractivity contribution in [3.8, 4) is 5.88 Å². The molecule has 9 nitrogen and oxygen atoms in total. The van der Waals surface area contributed by atoms with Gasteiger partial charge in [0.25, 0.3) is 11.2 Å². The fraction of sp³-hybridized carbons (Fsp3) is 0.0952.